The van der Waals surface area contributed by atoms with Gasteiger partial charge in [0.2, 0.25) is 0 Å². The third-order valence-electron chi connectivity index (χ3n) is 4.24. The number of hydrogen-bond acceptors (Lipinski definition) is 4. The molecule has 1 atom stereocenters. The summed E-state index contributed by atoms with van der Waals surface area (Å²) in [6.07, 6.45) is -0.253. The van der Waals surface area contributed by atoms with E-state index in [1.165, 1.54) is 5.56 Å². The number of ether oxygens (including phenoxy) is 2. The van der Waals surface area contributed by atoms with Crippen LogP contribution in [0.5, 0.6) is 11.5 Å². The second-order valence-electron chi connectivity index (χ2n) is 7.00. The minimum atomic E-state index is -0.712. The van der Waals surface area contributed by atoms with Crippen molar-refractivity contribution in [3.8, 4) is 11.5 Å². The highest BCUT2D eigenvalue weighted by atomic mass is 79.9. The third kappa shape index (κ3) is 7.09. The van der Waals surface area contributed by atoms with Crippen LogP contribution in [0.15, 0.2) is 46.9 Å². The first-order valence-electron chi connectivity index (χ1n) is 9.54. The summed E-state index contributed by atoms with van der Waals surface area (Å²) in [6, 6.07) is 13.2. The summed E-state index contributed by atoms with van der Waals surface area (Å²) in [5, 5.41) is 0. The highest BCUT2D eigenvalue weighted by Crippen LogP contribution is 2.28. The highest BCUT2D eigenvalue weighted by Gasteiger charge is 2.19. The van der Waals surface area contributed by atoms with Crippen LogP contribution < -0.4 is 20.3 Å². The number of nitrogens with one attached hydrogen (secondary N) is 2. The fraction of sp³-hybridized carbons (Fsp3) is 0.364. The summed E-state index contributed by atoms with van der Waals surface area (Å²) in [5.74, 6) is 0.669. The lowest BCUT2D eigenvalue weighted by atomic mass is 10.0. The number of amides is 2. The van der Waals surface area contributed by atoms with Crippen LogP contribution in [0.2, 0.25) is 0 Å². The first-order valence-corrected chi connectivity index (χ1v) is 10.3. The van der Waals surface area contributed by atoms with Crippen molar-refractivity contribution >= 4 is 27.7 Å². The molecule has 2 N–H and O–H groups in total. The molecule has 0 saturated carbocycles. The smallest absolute Gasteiger partial charge is 0.279 e. The number of benzene rings is 2. The Labute approximate surface area is 180 Å². The van der Waals surface area contributed by atoms with Crippen molar-refractivity contribution in [3.63, 3.8) is 0 Å². The molecule has 0 heterocycles. The van der Waals surface area contributed by atoms with Crippen molar-refractivity contribution in [1.82, 2.24) is 10.9 Å². The van der Waals surface area contributed by atoms with E-state index >= 15 is 0 Å². The van der Waals surface area contributed by atoms with E-state index in [1.807, 2.05) is 50.2 Å². The molecule has 0 saturated heterocycles. The van der Waals surface area contributed by atoms with Crippen molar-refractivity contribution in [2.45, 2.75) is 46.1 Å². The normalized spacial score (nSPS) is 11.7. The second-order valence-corrected chi connectivity index (χ2v) is 7.86. The van der Waals surface area contributed by atoms with Crippen molar-refractivity contribution in [2.24, 2.45) is 0 Å². The molecule has 6 nitrogen and oxygen atoms in total. The van der Waals surface area contributed by atoms with Crippen LogP contribution in [0.4, 0.5) is 0 Å². The average molecular weight is 463 g/mol. The number of hydrazine groups is 1. The van der Waals surface area contributed by atoms with Gasteiger partial charge in [-0.1, -0.05) is 39.0 Å². The molecule has 0 radical (unpaired) electrons. The molecule has 0 aliphatic carbocycles. The Bertz CT molecular complexity index is 854. The van der Waals surface area contributed by atoms with Crippen LogP contribution in [0, 0.1) is 6.92 Å². The third-order valence-corrected chi connectivity index (χ3v) is 4.86. The van der Waals surface area contributed by atoms with Gasteiger partial charge in [-0.05, 0) is 70.6 Å². The largest absolute Gasteiger partial charge is 0.483 e. The molecule has 0 spiro atoms. The minimum absolute atomic E-state index is 0.227. The zero-order chi connectivity index (χ0) is 21.4. The summed E-state index contributed by atoms with van der Waals surface area (Å²) >= 11 is 3.45. The zero-order valence-electron chi connectivity index (χ0n) is 17.1. The predicted molar refractivity (Wildman–Crippen MR) is 116 cm³/mol. The van der Waals surface area contributed by atoms with Gasteiger partial charge >= 0.3 is 0 Å². The summed E-state index contributed by atoms with van der Waals surface area (Å²) < 4.78 is 12.0. The van der Waals surface area contributed by atoms with Gasteiger partial charge in [0.15, 0.2) is 12.7 Å². The Morgan fingerprint density at radius 1 is 1.10 bits per heavy atom. The SMILES string of the molecule is CCC(Oc1cccc(C)c1)C(=O)NNC(=O)COc1ccc(C(C)C)cc1Br. The molecule has 0 aliphatic heterocycles. The van der Waals surface area contributed by atoms with Gasteiger partial charge in [0.05, 0.1) is 4.47 Å². The summed E-state index contributed by atoms with van der Waals surface area (Å²) in [5.41, 5.74) is 6.95. The van der Waals surface area contributed by atoms with Crippen LogP contribution in [0.1, 0.15) is 44.2 Å². The Hall–Kier alpha value is -2.54. The molecule has 7 heteroatoms. The zero-order valence-corrected chi connectivity index (χ0v) is 18.7. The average Bonchev–Trinajstić information content (AvgIpc) is 2.69. The minimum Gasteiger partial charge on any atom is -0.483 e. The molecule has 0 bridgehead atoms. The van der Waals surface area contributed by atoms with Gasteiger partial charge in [0, 0.05) is 0 Å². The van der Waals surface area contributed by atoms with Gasteiger partial charge in [-0.2, -0.15) is 0 Å². The monoisotopic (exact) mass is 462 g/mol. The van der Waals surface area contributed by atoms with Crippen LogP contribution in [-0.4, -0.2) is 24.5 Å². The molecule has 0 aromatic heterocycles. The number of rotatable bonds is 8. The fourth-order valence-electron chi connectivity index (χ4n) is 2.56. The van der Waals surface area contributed by atoms with Crippen molar-refractivity contribution in [1.29, 1.82) is 0 Å². The maximum Gasteiger partial charge on any atom is 0.279 e. The van der Waals surface area contributed by atoms with Gasteiger partial charge in [-0.3, -0.25) is 20.4 Å². The molecule has 0 fully saturated rings. The highest BCUT2D eigenvalue weighted by molar-refractivity contribution is 9.10. The van der Waals surface area contributed by atoms with E-state index in [1.54, 1.807) is 6.07 Å². The van der Waals surface area contributed by atoms with E-state index in [9.17, 15) is 9.59 Å². The molecule has 2 aromatic carbocycles. The topological polar surface area (TPSA) is 76.7 Å². The quantitative estimate of drug-likeness (QED) is 0.574. The molecular formula is C22H27BrN2O4. The summed E-state index contributed by atoms with van der Waals surface area (Å²) in [7, 11) is 0. The van der Waals surface area contributed by atoms with E-state index in [0.717, 1.165) is 10.0 Å². The fourth-order valence-corrected chi connectivity index (χ4v) is 3.07. The maximum atomic E-state index is 12.3. The molecule has 1 unspecified atom stereocenters. The van der Waals surface area contributed by atoms with Crippen molar-refractivity contribution < 1.29 is 19.1 Å². The van der Waals surface area contributed by atoms with Crippen LogP contribution in [-0.2, 0) is 9.59 Å². The van der Waals surface area contributed by atoms with Gasteiger partial charge in [-0.25, -0.2) is 0 Å². The number of carbonyl (C=O) groups excluding carboxylic acids is 2. The first kappa shape index (κ1) is 22.7. The van der Waals surface area contributed by atoms with Crippen molar-refractivity contribution in [2.75, 3.05) is 6.61 Å². The van der Waals surface area contributed by atoms with Crippen LogP contribution in [0.25, 0.3) is 0 Å². The lowest BCUT2D eigenvalue weighted by Gasteiger charge is -2.18. The molecular weight excluding hydrogens is 436 g/mol. The van der Waals surface area contributed by atoms with Gasteiger partial charge < -0.3 is 9.47 Å². The van der Waals surface area contributed by atoms with E-state index in [4.69, 9.17) is 9.47 Å². The maximum absolute atomic E-state index is 12.3. The lowest BCUT2D eigenvalue weighted by molar-refractivity contribution is -0.134. The Morgan fingerprint density at radius 2 is 1.86 bits per heavy atom. The van der Waals surface area contributed by atoms with Crippen molar-refractivity contribution in [3.05, 3.63) is 58.1 Å². The Morgan fingerprint density at radius 3 is 2.48 bits per heavy atom. The number of hydrogen-bond donors (Lipinski definition) is 2. The Kier molecular flexibility index (Phi) is 8.51. The van der Waals surface area contributed by atoms with Crippen LogP contribution in [0.3, 0.4) is 0 Å². The second kappa shape index (κ2) is 10.9. The summed E-state index contributed by atoms with van der Waals surface area (Å²) in [4.78, 5) is 24.3. The lowest BCUT2D eigenvalue weighted by Crippen LogP contribution is -2.49. The predicted octanol–water partition coefficient (Wildman–Crippen LogP) is 4.26. The van der Waals surface area contributed by atoms with Crippen LogP contribution >= 0.6 is 15.9 Å². The standard InChI is InChI=1S/C22H27BrN2O4/c1-5-19(29-17-8-6-7-15(4)11-17)22(27)25-24-21(26)13-28-20-10-9-16(14(2)3)12-18(20)23/h6-12,14,19H,5,13H2,1-4H3,(H,24,26)(H,25,27). The first-order chi connectivity index (χ1) is 13.8. The van der Waals surface area contributed by atoms with Gasteiger partial charge in [0.25, 0.3) is 11.8 Å². The molecule has 2 rings (SSSR count). The van der Waals surface area contributed by atoms with Gasteiger partial charge in [-0.15, -0.1) is 0 Å². The summed E-state index contributed by atoms with van der Waals surface area (Å²) in [6.45, 7) is 7.76. The Balaban J connectivity index is 1.82. The molecule has 2 amide bonds. The van der Waals surface area contributed by atoms with E-state index in [0.29, 0.717) is 23.8 Å². The van der Waals surface area contributed by atoms with E-state index in [-0.39, 0.29) is 6.61 Å². The molecule has 156 valence electrons. The number of halogens is 1. The van der Waals surface area contributed by atoms with E-state index < -0.39 is 17.9 Å². The van der Waals surface area contributed by atoms with Gasteiger partial charge in [0.1, 0.15) is 11.5 Å². The van der Waals surface area contributed by atoms with E-state index in [2.05, 4.69) is 40.6 Å². The molecule has 29 heavy (non-hydrogen) atoms. The number of carbonyl (C=O) groups is 2. The molecule has 0 aliphatic rings. The number of aryl methyl sites for hydroxylation is 1. The molecule has 2 aromatic rings.